The highest BCUT2D eigenvalue weighted by Crippen LogP contribution is 2.50. The number of aliphatic hydroxyl groups is 1. The van der Waals surface area contributed by atoms with Crippen molar-refractivity contribution < 1.29 is 19.8 Å². The molecular weight excluding hydrogens is 224 g/mol. The smallest absolute Gasteiger partial charge is 0.326 e. The molecule has 0 aliphatic heterocycles. The molecule has 0 aromatic carbocycles. The monoisotopic (exact) mass is 244 g/mol. The van der Waals surface area contributed by atoms with Crippen molar-refractivity contribution >= 4 is 12.0 Å². The normalized spacial score (nSPS) is 22.6. The van der Waals surface area contributed by atoms with Crippen LogP contribution in [-0.4, -0.2) is 41.4 Å². The second-order valence-corrected chi connectivity index (χ2v) is 5.15. The molecule has 1 aliphatic carbocycles. The van der Waals surface area contributed by atoms with E-state index in [2.05, 4.69) is 24.5 Å². The van der Waals surface area contributed by atoms with E-state index in [9.17, 15) is 9.59 Å². The minimum Gasteiger partial charge on any atom is -0.480 e. The van der Waals surface area contributed by atoms with E-state index in [0.717, 1.165) is 6.42 Å². The molecule has 0 spiro atoms. The summed E-state index contributed by atoms with van der Waals surface area (Å²) < 4.78 is 0. The molecule has 1 fully saturated rings. The van der Waals surface area contributed by atoms with Crippen LogP contribution in [0.15, 0.2) is 0 Å². The summed E-state index contributed by atoms with van der Waals surface area (Å²) in [7, 11) is 0. The lowest BCUT2D eigenvalue weighted by molar-refractivity contribution is -0.139. The van der Waals surface area contributed by atoms with Crippen LogP contribution < -0.4 is 10.6 Å². The van der Waals surface area contributed by atoms with E-state index < -0.39 is 18.0 Å². The van der Waals surface area contributed by atoms with E-state index in [4.69, 9.17) is 10.2 Å². The van der Waals surface area contributed by atoms with Crippen LogP contribution in [0, 0.1) is 11.3 Å². The van der Waals surface area contributed by atoms with Gasteiger partial charge in [-0.2, -0.15) is 0 Å². The fourth-order valence-electron chi connectivity index (χ4n) is 1.74. The third-order valence-electron chi connectivity index (χ3n) is 3.25. The summed E-state index contributed by atoms with van der Waals surface area (Å²) in [6, 6.07) is -1.53. The summed E-state index contributed by atoms with van der Waals surface area (Å²) in [5.74, 6) is -0.671. The number of amides is 2. The molecule has 17 heavy (non-hydrogen) atoms. The Morgan fingerprint density at radius 3 is 2.47 bits per heavy atom. The highest BCUT2D eigenvalue weighted by atomic mass is 16.4. The van der Waals surface area contributed by atoms with Gasteiger partial charge in [-0.3, -0.25) is 0 Å². The van der Waals surface area contributed by atoms with Crippen molar-refractivity contribution in [1.82, 2.24) is 10.6 Å². The summed E-state index contributed by atoms with van der Waals surface area (Å²) in [5, 5.41) is 22.4. The Hall–Kier alpha value is -1.30. The van der Waals surface area contributed by atoms with E-state index in [1.807, 2.05) is 0 Å². The van der Waals surface area contributed by atoms with Gasteiger partial charge >= 0.3 is 12.0 Å². The van der Waals surface area contributed by atoms with Crippen LogP contribution in [0.25, 0.3) is 0 Å². The molecule has 1 saturated carbocycles. The predicted octanol–water partition coefficient (Wildman–Crippen LogP) is 0.167. The summed E-state index contributed by atoms with van der Waals surface area (Å²) >= 11 is 0. The Bertz CT molecular complexity index is 304. The minimum absolute atomic E-state index is 0.0116. The zero-order chi connectivity index (χ0) is 13.1. The molecule has 4 N–H and O–H groups in total. The van der Waals surface area contributed by atoms with Gasteiger partial charge in [-0.05, 0) is 17.8 Å². The van der Waals surface area contributed by atoms with Gasteiger partial charge in [0.05, 0.1) is 0 Å². The molecule has 1 rings (SSSR count). The first-order valence-electron chi connectivity index (χ1n) is 5.75. The molecule has 0 heterocycles. The summed E-state index contributed by atoms with van der Waals surface area (Å²) in [5.41, 5.74) is 0.282. The van der Waals surface area contributed by atoms with Crippen LogP contribution >= 0.6 is 0 Å². The number of hydrogen-bond acceptors (Lipinski definition) is 3. The van der Waals surface area contributed by atoms with Crippen LogP contribution in [-0.2, 0) is 4.79 Å². The number of rotatable bonds is 6. The maximum Gasteiger partial charge on any atom is 0.326 e. The predicted molar refractivity (Wildman–Crippen MR) is 61.5 cm³/mol. The van der Waals surface area contributed by atoms with Gasteiger partial charge in [-0.1, -0.05) is 13.8 Å². The van der Waals surface area contributed by atoms with Gasteiger partial charge < -0.3 is 20.8 Å². The molecule has 0 radical (unpaired) electrons. The fraction of sp³-hybridized carbons (Fsp3) is 0.818. The minimum atomic E-state index is -1.14. The second kappa shape index (κ2) is 5.35. The van der Waals surface area contributed by atoms with Gasteiger partial charge in [0.1, 0.15) is 6.04 Å². The lowest BCUT2D eigenvalue weighted by Crippen LogP contribution is -2.47. The molecule has 2 amide bonds. The van der Waals surface area contributed by atoms with Crippen LogP contribution in [0.4, 0.5) is 4.79 Å². The number of hydrogen-bond donors (Lipinski definition) is 4. The first kappa shape index (κ1) is 13.8. The average molecular weight is 244 g/mol. The molecule has 6 nitrogen and oxygen atoms in total. The van der Waals surface area contributed by atoms with Crippen LogP contribution in [0.2, 0.25) is 0 Å². The summed E-state index contributed by atoms with van der Waals surface area (Å²) in [4.78, 5) is 22.1. The van der Waals surface area contributed by atoms with Crippen molar-refractivity contribution in [2.24, 2.45) is 11.3 Å². The second-order valence-electron chi connectivity index (χ2n) is 5.15. The number of aliphatic carboxylic acids is 1. The van der Waals surface area contributed by atoms with Crippen molar-refractivity contribution in [2.75, 3.05) is 13.2 Å². The maximum absolute atomic E-state index is 11.4. The Labute approximate surface area is 100 Å². The Kier molecular flexibility index (Phi) is 4.34. The molecule has 98 valence electrons. The largest absolute Gasteiger partial charge is 0.480 e. The first-order valence-corrected chi connectivity index (χ1v) is 5.75. The SMILES string of the molecule is CC1(C)CC1CNC(=O)N[C@H](CCO)C(=O)O. The topological polar surface area (TPSA) is 98.7 Å². The van der Waals surface area contributed by atoms with Gasteiger partial charge in [-0.15, -0.1) is 0 Å². The Balaban J connectivity index is 2.25. The number of carboxylic acids is 1. The van der Waals surface area contributed by atoms with Crippen molar-refractivity contribution in [2.45, 2.75) is 32.7 Å². The number of aliphatic hydroxyl groups excluding tert-OH is 1. The van der Waals surface area contributed by atoms with Crippen molar-refractivity contribution in [3.8, 4) is 0 Å². The van der Waals surface area contributed by atoms with Crippen molar-refractivity contribution in [3.63, 3.8) is 0 Å². The van der Waals surface area contributed by atoms with E-state index in [0.29, 0.717) is 12.5 Å². The zero-order valence-corrected chi connectivity index (χ0v) is 10.2. The van der Waals surface area contributed by atoms with Crippen molar-refractivity contribution in [1.29, 1.82) is 0 Å². The molecule has 0 aromatic heterocycles. The third kappa shape index (κ3) is 4.22. The quantitative estimate of drug-likeness (QED) is 0.535. The molecule has 2 atom stereocenters. The molecule has 1 unspecified atom stereocenters. The van der Waals surface area contributed by atoms with Gasteiger partial charge in [0.2, 0.25) is 0 Å². The molecule has 6 heteroatoms. The van der Waals surface area contributed by atoms with Crippen LogP contribution in [0.1, 0.15) is 26.7 Å². The highest BCUT2D eigenvalue weighted by molar-refractivity contribution is 5.82. The van der Waals surface area contributed by atoms with Crippen LogP contribution in [0.3, 0.4) is 0 Å². The number of carboxylic acid groups (broad SMARTS) is 1. The summed E-state index contributed by atoms with van der Waals surface area (Å²) in [6.45, 7) is 4.54. The number of carbonyl (C=O) groups excluding carboxylic acids is 1. The van der Waals surface area contributed by atoms with E-state index in [1.165, 1.54) is 0 Å². The van der Waals surface area contributed by atoms with E-state index in [1.54, 1.807) is 0 Å². The van der Waals surface area contributed by atoms with E-state index in [-0.39, 0.29) is 18.4 Å². The van der Waals surface area contributed by atoms with Crippen molar-refractivity contribution in [3.05, 3.63) is 0 Å². The Morgan fingerprint density at radius 2 is 2.06 bits per heavy atom. The lowest BCUT2D eigenvalue weighted by Gasteiger charge is -2.14. The third-order valence-corrected chi connectivity index (χ3v) is 3.25. The zero-order valence-electron chi connectivity index (χ0n) is 10.2. The fourth-order valence-corrected chi connectivity index (χ4v) is 1.74. The lowest BCUT2D eigenvalue weighted by atomic mass is 10.1. The Morgan fingerprint density at radius 1 is 1.47 bits per heavy atom. The average Bonchev–Trinajstić information content (AvgIpc) is 2.83. The maximum atomic E-state index is 11.4. The van der Waals surface area contributed by atoms with Gasteiger partial charge in [0.25, 0.3) is 0 Å². The van der Waals surface area contributed by atoms with E-state index >= 15 is 0 Å². The highest BCUT2D eigenvalue weighted by Gasteiger charge is 2.45. The van der Waals surface area contributed by atoms with Gasteiger partial charge in [0.15, 0.2) is 0 Å². The molecular formula is C11H20N2O4. The molecule has 1 aliphatic rings. The number of carbonyl (C=O) groups is 2. The first-order chi connectivity index (χ1) is 7.86. The number of urea groups is 1. The van der Waals surface area contributed by atoms with Gasteiger partial charge in [0, 0.05) is 19.6 Å². The molecule has 0 bridgehead atoms. The number of nitrogens with one attached hydrogen (secondary N) is 2. The van der Waals surface area contributed by atoms with Crippen LogP contribution in [0.5, 0.6) is 0 Å². The standard InChI is InChI=1S/C11H20N2O4/c1-11(2)5-7(11)6-12-10(17)13-8(3-4-14)9(15)16/h7-8,14H,3-6H2,1-2H3,(H,15,16)(H2,12,13,17)/t7?,8-/m1/s1. The summed E-state index contributed by atoms with van der Waals surface area (Å²) in [6.07, 6.45) is 1.09. The molecule has 0 aromatic rings. The van der Waals surface area contributed by atoms with Gasteiger partial charge in [-0.25, -0.2) is 9.59 Å². The molecule has 0 saturated heterocycles.